The second kappa shape index (κ2) is 11.8. The molecule has 0 radical (unpaired) electrons. The third kappa shape index (κ3) is 4.73. The average molecular weight is 662 g/mol. The van der Waals surface area contributed by atoms with Crippen molar-refractivity contribution in [2.24, 2.45) is 0 Å². The SMILES string of the molecule is CC1(C)c2ccccc2-c2ccc(N(c3ccc4c(c3)C3(CCCC3)c3ccccc3-4)c3ccccc3-c3cccc(C4CCCCC4)c3)cc21. The molecule has 2 fully saturated rings. The molecule has 6 aromatic carbocycles. The largest absolute Gasteiger partial charge is 0.310 e. The molecule has 4 aliphatic rings. The number of rotatable bonds is 5. The first kappa shape index (κ1) is 30.9. The van der Waals surface area contributed by atoms with Crippen LogP contribution in [0.1, 0.15) is 105 Å². The lowest BCUT2D eigenvalue weighted by Crippen LogP contribution is -2.21. The van der Waals surface area contributed by atoms with Gasteiger partial charge in [0.1, 0.15) is 0 Å². The number of nitrogens with zero attached hydrogens (tertiary/aromatic N) is 1. The summed E-state index contributed by atoms with van der Waals surface area (Å²) in [5.74, 6) is 0.670. The molecule has 6 aromatic rings. The van der Waals surface area contributed by atoms with Gasteiger partial charge in [0.05, 0.1) is 5.69 Å². The van der Waals surface area contributed by atoms with Crippen molar-refractivity contribution in [2.45, 2.75) is 88.4 Å². The van der Waals surface area contributed by atoms with Crippen LogP contribution in [0.4, 0.5) is 17.1 Å². The predicted molar refractivity (Wildman–Crippen MR) is 215 cm³/mol. The lowest BCUT2D eigenvalue weighted by atomic mass is 9.76. The van der Waals surface area contributed by atoms with Crippen molar-refractivity contribution in [2.75, 3.05) is 4.90 Å². The first-order valence-corrected chi connectivity index (χ1v) is 19.5. The van der Waals surface area contributed by atoms with E-state index in [1.807, 2.05) is 0 Å². The Hall–Kier alpha value is -4.88. The van der Waals surface area contributed by atoms with Crippen molar-refractivity contribution >= 4 is 17.1 Å². The Bertz CT molecular complexity index is 2290. The summed E-state index contributed by atoms with van der Waals surface area (Å²) in [5.41, 5.74) is 19.3. The molecule has 2 saturated carbocycles. The van der Waals surface area contributed by atoms with Gasteiger partial charge in [0, 0.05) is 27.8 Å². The van der Waals surface area contributed by atoms with Gasteiger partial charge in [-0.05, 0) is 118 Å². The van der Waals surface area contributed by atoms with E-state index in [0.717, 1.165) is 0 Å². The van der Waals surface area contributed by atoms with E-state index in [1.54, 1.807) is 0 Å². The molecule has 1 heteroatoms. The summed E-state index contributed by atoms with van der Waals surface area (Å²) in [5, 5.41) is 0. The van der Waals surface area contributed by atoms with E-state index in [-0.39, 0.29) is 10.8 Å². The molecule has 51 heavy (non-hydrogen) atoms. The molecule has 252 valence electrons. The molecule has 0 unspecified atom stereocenters. The van der Waals surface area contributed by atoms with Crippen molar-refractivity contribution < 1.29 is 0 Å². The predicted octanol–water partition coefficient (Wildman–Crippen LogP) is 14.0. The van der Waals surface area contributed by atoms with Crippen LogP contribution in [0.5, 0.6) is 0 Å². The Balaban J connectivity index is 1.17. The van der Waals surface area contributed by atoms with Gasteiger partial charge in [-0.1, -0.05) is 149 Å². The van der Waals surface area contributed by atoms with Gasteiger partial charge in [-0.15, -0.1) is 0 Å². The highest BCUT2D eigenvalue weighted by molar-refractivity contribution is 5.92. The molecule has 0 atom stereocenters. The van der Waals surface area contributed by atoms with Gasteiger partial charge in [0.25, 0.3) is 0 Å². The third-order valence-corrected chi connectivity index (χ3v) is 13.2. The van der Waals surface area contributed by atoms with E-state index in [9.17, 15) is 0 Å². The number of benzene rings is 6. The van der Waals surface area contributed by atoms with Crippen molar-refractivity contribution in [1.82, 2.24) is 0 Å². The molecule has 0 amide bonds. The van der Waals surface area contributed by atoms with Crippen LogP contribution in [0, 0.1) is 0 Å². The molecule has 10 rings (SSSR count). The van der Waals surface area contributed by atoms with Crippen LogP contribution in [-0.4, -0.2) is 0 Å². The lowest BCUT2D eigenvalue weighted by Gasteiger charge is -2.32. The molecular formula is C50H47N. The molecule has 0 N–H and O–H groups in total. The zero-order valence-electron chi connectivity index (χ0n) is 30.1. The second-order valence-electron chi connectivity index (χ2n) is 16.3. The lowest BCUT2D eigenvalue weighted by molar-refractivity contribution is 0.444. The molecule has 0 bridgehead atoms. The fourth-order valence-corrected chi connectivity index (χ4v) is 10.7. The second-order valence-corrected chi connectivity index (χ2v) is 16.3. The molecule has 0 aliphatic heterocycles. The van der Waals surface area contributed by atoms with Gasteiger partial charge in [-0.25, -0.2) is 0 Å². The molecule has 0 saturated heterocycles. The number of hydrogen-bond donors (Lipinski definition) is 0. The highest BCUT2D eigenvalue weighted by Crippen LogP contribution is 2.58. The van der Waals surface area contributed by atoms with Gasteiger partial charge in [0.2, 0.25) is 0 Å². The van der Waals surface area contributed by atoms with E-state index in [4.69, 9.17) is 0 Å². The van der Waals surface area contributed by atoms with E-state index in [0.29, 0.717) is 5.92 Å². The number of anilines is 3. The number of fused-ring (bicyclic) bond motifs is 8. The first-order chi connectivity index (χ1) is 25.0. The van der Waals surface area contributed by atoms with Crippen LogP contribution in [0.15, 0.2) is 133 Å². The topological polar surface area (TPSA) is 3.24 Å². The molecule has 4 aliphatic carbocycles. The number of hydrogen-bond acceptors (Lipinski definition) is 1. The Labute approximate surface area is 304 Å². The van der Waals surface area contributed by atoms with E-state index in [1.165, 1.54) is 136 Å². The van der Waals surface area contributed by atoms with E-state index in [2.05, 4.69) is 152 Å². The van der Waals surface area contributed by atoms with Crippen LogP contribution < -0.4 is 4.90 Å². The van der Waals surface area contributed by atoms with Gasteiger partial charge in [-0.3, -0.25) is 0 Å². The van der Waals surface area contributed by atoms with Gasteiger partial charge < -0.3 is 4.90 Å². The maximum atomic E-state index is 2.58. The Kier molecular flexibility index (Phi) is 7.18. The third-order valence-electron chi connectivity index (χ3n) is 13.2. The van der Waals surface area contributed by atoms with Crippen molar-refractivity contribution in [3.63, 3.8) is 0 Å². The summed E-state index contributed by atoms with van der Waals surface area (Å²) in [6.45, 7) is 4.79. The van der Waals surface area contributed by atoms with Crippen LogP contribution >= 0.6 is 0 Å². The summed E-state index contributed by atoms with van der Waals surface area (Å²) in [7, 11) is 0. The summed E-state index contributed by atoms with van der Waals surface area (Å²) in [6.07, 6.45) is 11.7. The minimum absolute atomic E-state index is 0.0745. The summed E-state index contributed by atoms with van der Waals surface area (Å²) in [6, 6.07) is 51.5. The monoisotopic (exact) mass is 661 g/mol. The molecule has 1 nitrogen and oxygen atoms in total. The first-order valence-electron chi connectivity index (χ1n) is 19.5. The van der Waals surface area contributed by atoms with Crippen molar-refractivity contribution in [3.8, 4) is 33.4 Å². The highest BCUT2D eigenvalue weighted by Gasteiger charge is 2.45. The van der Waals surface area contributed by atoms with Crippen LogP contribution in [0.25, 0.3) is 33.4 Å². The number of para-hydroxylation sites is 1. The Morgan fingerprint density at radius 1 is 0.471 bits per heavy atom. The minimum Gasteiger partial charge on any atom is -0.310 e. The van der Waals surface area contributed by atoms with Crippen molar-refractivity contribution in [3.05, 3.63) is 161 Å². The van der Waals surface area contributed by atoms with Gasteiger partial charge >= 0.3 is 0 Å². The fraction of sp³-hybridized carbons (Fsp3) is 0.280. The Morgan fingerprint density at radius 3 is 1.80 bits per heavy atom. The van der Waals surface area contributed by atoms with Gasteiger partial charge in [0.15, 0.2) is 0 Å². The fourth-order valence-electron chi connectivity index (χ4n) is 10.7. The maximum Gasteiger partial charge on any atom is 0.0540 e. The van der Waals surface area contributed by atoms with Gasteiger partial charge in [-0.2, -0.15) is 0 Å². The van der Waals surface area contributed by atoms with Crippen LogP contribution in [-0.2, 0) is 10.8 Å². The van der Waals surface area contributed by atoms with Crippen molar-refractivity contribution in [1.29, 1.82) is 0 Å². The maximum absolute atomic E-state index is 2.58. The quantitative estimate of drug-likeness (QED) is 0.178. The molecule has 1 spiro atoms. The normalized spacial score (nSPS) is 17.9. The zero-order chi connectivity index (χ0) is 34.2. The van der Waals surface area contributed by atoms with Crippen LogP contribution in [0.3, 0.4) is 0 Å². The summed E-state index contributed by atoms with van der Waals surface area (Å²) in [4.78, 5) is 2.58. The van der Waals surface area contributed by atoms with E-state index >= 15 is 0 Å². The molecule has 0 heterocycles. The minimum atomic E-state index is -0.0745. The average Bonchev–Trinajstić information content (AvgIpc) is 3.85. The molecule has 0 aromatic heterocycles. The highest BCUT2D eigenvalue weighted by atomic mass is 15.1. The molecular weight excluding hydrogens is 615 g/mol. The summed E-state index contributed by atoms with van der Waals surface area (Å²) < 4.78 is 0. The Morgan fingerprint density at radius 2 is 1.06 bits per heavy atom. The van der Waals surface area contributed by atoms with E-state index < -0.39 is 0 Å². The zero-order valence-corrected chi connectivity index (χ0v) is 30.1. The van der Waals surface area contributed by atoms with Crippen LogP contribution in [0.2, 0.25) is 0 Å². The summed E-state index contributed by atoms with van der Waals surface area (Å²) >= 11 is 0. The smallest absolute Gasteiger partial charge is 0.0540 e. The standard InChI is InChI=1S/C50H47N/c1-49(2)44-22-9-6-20-40(44)42-27-25-37(32-46(42)49)51(38-26-28-43-41-21-7-10-23-45(41)50(47(43)33-38)29-12-13-30-50)48-24-11-8-19-39(48)36-18-14-17-35(31-36)34-15-4-3-5-16-34/h6-11,14,17-28,31-34H,3-5,12-13,15-16,29-30H2,1-2H3.